The Bertz CT molecular complexity index is 868. The molecular formula is C14H19N5O4S. The van der Waals surface area contributed by atoms with Crippen molar-refractivity contribution in [3.05, 3.63) is 23.9 Å². The van der Waals surface area contributed by atoms with E-state index in [1.807, 2.05) is 13.8 Å². The smallest absolute Gasteiger partial charge is 0.241 e. The molecule has 2 aromatic rings. The van der Waals surface area contributed by atoms with Crippen LogP contribution in [0.3, 0.4) is 0 Å². The molecule has 1 heterocycles. The molecule has 6 N–H and O–H groups in total. The van der Waals surface area contributed by atoms with Gasteiger partial charge in [0.2, 0.25) is 16.0 Å². The number of rotatable bonds is 5. The molecule has 2 rings (SSSR count). The SMILES string of the molecule is COc1cc(C(C)C)c(Oc2cnc(N)nc2N)cc1S(N)(=O)=O. The minimum Gasteiger partial charge on any atom is -0.495 e. The van der Waals surface area contributed by atoms with Gasteiger partial charge >= 0.3 is 0 Å². The summed E-state index contributed by atoms with van der Waals surface area (Å²) >= 11 is 0. The third-order valence-corrected chi connectivity index (χ3v) is 4.18. The molecule has 1 aromatic heterocycles. The third kappa shape index (κ3) is 3.66. The van der Waals surface area contributed by atoms with E-state index in [-0.39, 0.29) is 39.8 Å². The van der Waals surface area contributed by atoms with Crippen molar-refractivity contribution in [2.75, 3.05) is 18.6 Å². The highest BCUT2D eigenvalue weighted by Gasteiger charge is 2.22. The maximum absolute atomic E-state index is 11.8. The Morgan fingerprint density at radius 2 is 1.79 bits per heavy atom. The number of hydrogen-bond donors (Lipinski definition) is 3. The molecule has 0 aliphatic carbocycles. The van der Waals surface area contributed by atoms with Gasteiger partial charge in [-0.25, -0.2) is 18.5 Å². The normalized spacial score (nSPS) is 11.5. The quantitative estimate of drug-likeness (QED) is 0.724. The maximum Gasteiger partial charge on any atom is 0.241 e. The first kappa shape index (κ1) is 17.8. The summed E-state index contributed by atoms with van der Waals surface area (Å²) in [6, 6.07) is 2.85. The number of nitrogens with two attached hydrogens (primary N) is 3. The van der Waals surface area contributed by atoms with Crippen molar-refractivity contribution < 1.29 is 17.9 Å². The van der Waals surface area contributed by atoms with Crippen molar-refractivity contribution in [3.63, 3.8) is 0 Å². The molecule has 0 saturated carbocycles. The van der Waals surface area contributed by atoms with Crippen LogP contribution in [0.2, 0.25) is 0 Å². The zero-order valence-corrected chi connectivity index (χ0v) is 14.3. The van der Waals surface area contributed by atoms with Crippen molar-refractivity contribution in [3.8, 4) is 17.2 Å². The first-order chi connectivity index (χ1) is 11.1. The van der Waals surface area contributed by atoms with Crippen LogP contribution in [0.4, 0.5) is 11.8 Å². The number of nitrogen functional groups attached to an aromatic ring is 2. The van der Waals surface area contributed by atoms with Gasteiger partial charge < -0.3 is 20.9 Å². The summed E-state index contributed by atoms with van der Waals surface area (Å²) in [6.07, 6.45) is 1.31. The van der Waals surface area contributed by atoms with E-state index in [4.69, 9.17) is 26.1 Å². The molecule has 0 amide bonds. The lowest BCUT2D eigenvalue weighted by Crippen LogP contribution is -2.14. The molecule has 0 radical (unpaired) electrons. The van der Waals surface area contributed by atoms with Crippen molar-refractivity contribution >= 4 is 21.8 Å². The summed E-state index contributed by atoms with van der Waals surface area (Å²) in [5.41, 5.74) is 11.9. The summed E-state index contributed by atoms with van der Waals surface area (Å²) in [5.74, 6) is 0.593. The zero-order chi connectivity index (χ0) is 18.1. The molecule has 1 aromatic carbocycles. The molecule has 0 unspecified atom stereocenters. The lowest BCUT2D eigenvalue weighted by molar-refractivity contribution is 0.398. The molecule has 9 nitrogen and oxygen atoms in total. The largest absolute Gasteiger partial charge is 0.495 e. The van der Waals surface area contributed by atoms with Crippen LogP contribution in [-0.2, 0) is 10.0 Å². The van der Waals surface area contributed by atoms with E-state index in [2.05, 4.69) is 9.97 Å². The molecule has 0 bridgehead atoms. The number of methoxy groups -OCH3 is 1. The predicted octanol–water partition coefficient (Wildman–Crippen LogP) is 1.21. The van der Waals surface area contributed by atoms with Crippen molar-refractivity contribution in [1.29, 1.82) is 0 Å². The highest BCUT2D eigenvalue weighted by molar-refractivity contribution is 7.89. The number of ether oxygens (including phenoxy) is 2. The number of nitrogens with zero attached hydrogens (tertiary/aromatic N) is 2. The highest BCUT2D eigenvalue weighted by Crippen LogP contribution is 2.38. The number of sulfonamides is 1. The fraction of sp³-hybridized carbons (Fsp3) is 0.286. The summed E-state index contributed by atoms with van der Waals surface area (Å²) in [7, 11) is -2.65. The number of primary sulfonamides is 1. The Kier molecular flexibility index (Phi) is 4.81. The van der Waals surface area contributed by atoms with Crippen LogP contribution >= 0.6 is 0 Å². The van der Waals surface area contributed by atoms with Crippen LogP contribution < -0.4 is 26.1 Å². The summed E-state index contributed by atoms with van der Waals surface area (Å²) in [4.78, 5) is 7.42. The van der Waals surface area contributed by atoms with Gasteiger partial charge in [-0.2, -0.15) is 4.98 Å². The summed E-state index contributed by atoms with van der Waals surface area (Å²) < 4.78 is 34.4. The molecule has 0 atom stereocenters. The van der Waals surface area contributed by atoms with Gasteiger partial charge in [0.15, 0.2) is 11.6 Å². The molecule has 0 aliphatic rings. The third-order valence-electron chi connectivity index (χ3n) is 3.25. The molecule has 0 spiro atoms. The standard InChI is InChI=1S/C14H19N5O4S/c1-7(2)8-4-10(22-3)12(24(17,20)21)5-9(8)23-11-6-18-14(16)19-13(11)15/h4-7H,1-3H3,(H2,17,20,21)(H4,15,16,18,19). The lowest BCUT2D eigenvalue weighted by Gasteiger charge is -2.17. The van der Waals surface area contributed by atoms with Crippen molar-refractivity contribution in [2.24, 2.45) is 5.14 Å². The Morgan fingerprint density at radius 1 is 1.12 bits per heavy atom. The van der Waals surface area contributed by atoms with Crippen molar-refractivity contribution in [2.45, 2.75) is 24.7 Å². The molecule has 24 heavy (non-hydrogen) atoms. The van der Waals surface area contributed by atoms with E-state index in [1.54, 1.807) is 6.07 Å². The predicted molar refractivity (Wildman–Crippen MR) is 89.4 cm³/mol. The molecule has 0 aliphatic heterocycles. The Morgan fingerprint density at radius 3 is 2.29 bits per heavy atom. The topological polar surface area (TPSA) is 156 Å². The Hall–Kier alpha value is -2.59. The van der Waals surface area contributed by atoms with Crippen LogP contribution in [0.25, 0.3) is 0 Å². The van der Waals surface area contributed by atoms with Gasteiger partial charge in [0.1, 0.15) is 16.4 Å². The number of aromatic nitrogens is 2. The molecule has 0 saturated heterocycles. The van der Waals surface area contributed by atoms with E-state index < -0.39 is 10.0 Å². The summed E-state index contributed by atoms with van der Waals surface area (Å²) in [5, 5.41) is 5.24. The van der Waals surface area contributed by atoms with Gasteiger partial charge in [0, 0.05) is 11.6 Å². The molecule has 130 valence electrons. The molecule has 0 fully saturated rings. The second kappa shape index (κ2) is 6.49. The van der Waals surface area contributed by atoms with Gasteiger partial charge in [-0.15, -0.1) is 0 Å². The van der Waals surface area contributed by atoms with Crippen LogP contribution in [-0.4, -0.2) is 25.5 Å². The first-order valence-electron chi connectivity index (χ1n) is 6.94. The number of anilines is 2. The first-order valence-corrected chi connectivity index (χ1v) is 8.48. The molecular weight excluding hydrogens is 334 g/mol. The van der Waals surface area contributed by atoms with E-state index >= 15 is 0 Å². The van der Waals surface area contributed by atoms with Gasteiger partial charge in [-0.1, -0.05) is 13.8 Å². The molecule has 10 heteroatoms. The number of hydrogen-bond acceptors (Lipinski definition) is 8. The van der Waals surface area contributed by atoms with E-state index in [9.17, 15) is 8.42 Å². The average molecular weight is 353 g/mol. The van der Waals surface area contributed by atoms with Crippen LogP contribution in [0.1, 0.15) is 25.3 Å². The fourth-order valence-corrected chi connectivity index (χ4v) is 2.77. The van der Waals surface area contributed by atoms with Crippen molar-refractivity contribution in [1.82, 2.24) is 9.97 Å². The summed E-state index contributed by atoms with van der Waals surface area (Å²) in [6.45, 7) is 3.84. The second-order valence-corrected chi connectivity index (χ2v) is 6.85. The maximum atomic E-state index is 11.8. The minimum absolute atomic E-state index is 0.00360. The van der Waals surface area contributed by atoms with Crippen LogP contribution in [0.5, 0.6) is 17.2 Å². The monoisotopic (exact) mass is 353 g/mol. The Labute approximate surface area is 139 Å². The van der Waals surface area contributed by atoms with Gasteiger partial charge in [0.25, 0.3) is 0 Å². The average Bonchev–Trinajstić information content (AvgIpc) is 2.48. The van der Waals surface area contributed by atoms with Gasteiger partial charge in [-0.05, 0) is 12.0 Å². The zero-order valence-electron chi connectivity index (χ0n) is 13.5. The van der Waals surface area contributed by atoms with Crippen LogP contribution in [0, 0.1) is 0 Å². The van der Waals surface area contributed by atoms with Crippen LogP contribution in [0.15, 0.2) is 23.2 Å². The van der Waals surface area contributed by atoms with E-state index in [1.165, 1.54) is 19.4 Å². The highest BCUT2D eigenvalue weighted by atomic mass is 32.2. The second-order valence-electron chi connectivity index (χ2n) is 5.32. The van der Waals surface area contributed by atoms with E-state index in [0.717, 1.165) is 0 Å². The van der Waals surface area contributed by atoms with Gasteiger partial charge in [-0.3, -0.25) is 0 Å². The lowest BCUT2D eigenvalue weighted by atomic mass is 10.0. The van der Waals surface area contributed by atoms with Gasteiger partial charge in [0.05, 0.1) is 13.3 Å². The Balaban J connectivity index is 2.62. The number of benzene rings is 1. The minimum atomic E-state index is -4.01. The fourth-order valence-electron chi connectivity index (χ4n) is 2.07. The van der Waals surface area contributed by atoms with E-state index in [0.29, 0.717) is 5.56 Å².